The molecular weight excluding hydrogens is 376 g/mol. The highest BCUT2D eigenvalue weighted by Gasteiger charge is 2.14. The molecule has 0 bridgehead atoms. The van der Waals surface area contributed by atoms with Crippen molar-refractivity contribution in [1.29, 1.82) is 0 Å². The molecule has 4 rings (SSSR count). The van der Waals surface area contributed by atoms with Gasteiger partial charge in [0.15, 0.2) is 0 Å². The van der Waals surface area contributed by atoms with Crippen LogP contribution >= 0.6 is 11.6 Å². The summed E-state index contributed by atoms with van der Waals surface area (Å²) in [6.07, 6.45) is 1.64. The predicted molar refractivity (Wildman–Crippen MR) is 109 cm³/mol. The molecule has 6 heteroatoms. The van der Waals surface area contributed by atoms with Crippen LogP contribution in [0.15, 0.2) is 59.2 Å². The summed E-state index contributed by atoms with van der Waals surface area (Å²) in [4.78, 5) is 16.7. The van der Waals surface area contributed by atoms with Crippen LogP contribution in [0, 0.1) is 6.92 Å². The molecule has 0 aliphatic carbocycles. The lowest BCUT2D eigenvalue weighted by Gasteiger charge is -2.10. The van der Waals surface area contributed by atoms with Gasteiger partial charge in [-0.1, -0.05) is 23.7 Å². The fourth-order valence-corrected chi connectivity index (χ4v) is 3.47. The standard InChI is InChI=1S/C22H19ClN2O3/c1-3-27-22(26)16-8-9-19-20(12-16)25(14(2)24-19)13-17-7-6-15(11-18(17)23)21-5-4-10-28-21/h4-12H,3,13H2,1-2H3. The number of hydrogen-bond acceptors (Lipinski definition) is 4. The molecule has 2 aromatic heterocycles. The van der Waals surface area contributed by atoms with E-state index < -0.39 is 0 Å². The van der Waals surface area contributed by atoms with Gasteiger partial charge >= 0.3 is 5.97 Å². The number of carbonyl (C=O) groups excluding carboxylic acids is 1. The van der Waals surface area contributed by atoms with Gasteiger partial charge in [-0.2, -0.15) is 0 Å². The maximum Gasteiger partial charge on any atom is 0.338 e. The van der Waals surface area contributed by atoms with Crippen LogP contribution in [0.2, 0.25) is 5.02 Å². The molecule has 0 radical (unpaired) electrons. The number of furan rings is 1. The number of carbonyl (C=O) groups is 1. The van der Waals surface area contributed by atoms with Gasteiger partial charge in [-0.05, 0) is 55.8 Å². The van der Waals surface area contributed by atoms with E-state index in [0.717, 1.165) is 33.7 Å². The molecule has 2 aromatic carbocycles. The Hall–Kier alpha value is -3.05. The van der Waals surface area contributed by atoms with E-state index in [4.69, 9.17) is 20.8 Å². The molecule has 0 N–H and O–H groups in total. The molecule has 0 aliphatic heterocycles. The van der Waals surface area contributed by atoms with Gasteiger partial charge in [0.05, 0.1) is 36.0 Å². The Morgan fingerprint density at radius 1 is 1.21 bits per heavy atom. The number of aryl methyl sites for hydroxylation is 1. The zero-order valence-electron chi connectivity index (χ0n) is 15.6. The van der Waals surface area contributed by atoms with Crippen molar-refractivity contribution in [2.75, 3.05) is 6.61 Å². The lowest BCUT2D eigenvalue weighted by Crippen LogP contribution is -2.06. The van der Waals surface area contributed by atoms with Crippen LogP contribution in [0.25, 0.3) is 22.4 Å². The van der Waals surface area contributed by atoms with Crippen LogP contribution in [0.4, 0.5) is 0 Å². The van der Waals surface area contributed by atoms with Crippen molar-refractivity contribution in [2.24, 2.45) is 0 Å². The summed E-state index contributed by atoms with van der Waals surface area (Å²) in [5, 5.41) is 0.650. The molecule has 5 nitrogen and oxygen atoms in total. The first-order valence-corrected chi connectivity index (χ1v) is 9.41. The smallest absolute Gasteiger partial charge is 0.338 e. The average Bonchev–Trinajstić information content (AvgIpc) is 3.32. The molecular formula is C22H19ClN2O3. The number of esters is 1. The third-order valence-corrected chi connectivity index (χ3v) is 4.99. The van der Waals surface area contributed by atoms with Gasteiger partial charge in [-0.3, -0.25) is 0 Å². The van der Waals surface area contributed by atoms with Crippen LogP contribution in [0.5, 0.6) is 0 Å². The quantitative estimate of drug-likeness (QED) is 0.420. The second kappa shape index (κ2) is 7.52. The highest BCUT2D eigenvalue weighted by Crippen LogP contribution is 2.28. The molecule has 0 atom stereocenters. The van der Waals surface area contributed by atoms with Crippen LogP contribution in [-0.2, 0) is 11.3 Å². The molecule has 0 spiro atoms. The lowest BCUT2D eigenvalue weighted by molar-refractivity contribution is 0.0526. The summed E-state index contributed by atoms with van der Waals surface area (Å²) in [5.41, 5.74) is 4.09. The van der Waals surface area contributed by atoms with Crippen molar-refractivity contribution in [3.8, 4) is 11.3 Å². The second-order valence-electron chi connectivity index (χ2n) is 6.45. The first kappa shape index (κ1) is 18.3. The minimum Gasteiger partial charge on any atom is -0.464 e. The first-order chi connectivity index (χ1) is 13.6. The fraction of sp³-hybridized carbons (Fsp3) is 0.182. The van der Waals surface area contributed by atoms with Crippen molar-refractivity contribution >= 4 is 28.6 Å². The summed E-state index contributed by atoms with van der Waals surface area (Å²) in [6.45, 7) is 4.62. The van der Waals surface area contributed by atoms with E-state index in [0.29, 0.717) is 23.7 Å². The van der Waals surface area contributed by atoms with E-state index in [-0.39, 0.29) is 5.97 Å². The predicted octanol–water partition coefficient (Wildman–Crippen LogP) is 5.48. The Kier molecular flexibility index (Phi) is 4.92. The summed E-state index contributed by atoms with van der Waals surface area (Å²) < 4.78 is 12.6. The molecule has 142 valence electrons. The van der Waals surface area contributed by atoms with Gasteiger partial charge in [0, 0.05) is 10.6 Å². The molecule has 0 saturated heterocycles. The molecule has 0 unspecified atom stereocenters. The maximum atomic E-state index is 12.1. The van der Waals surface area contributed by atoms with E-state index in [2.05, 4.69) is 4.98 Å². The normalized spacial score (nSPS) is 11.1. The van der Waals surface area contributed by atoms with Gasteiger partial charge in [0.25, 0.3) is 0 Å². The number of ether oxygens (including phenoxy) is 1. The number of nitrogens with zero attached hydrogens (tertiary/aromatic N) is 2. The van der Waals surface area contributed by atoms with E-state index in [1.165, 1.54) is 0 Å². The third-order valence-electron chi connectivity index (χ3n) is 4.64. The van der Waals surface area contributed by atoms with Crippen molar-refractivity contribution < 1.29 is 13.9 Å². The fourth-order valence-electron chi connectivity index (χ4n) is 3.23. The molecule has 0 aliphatic rings. The van der Waals surface area contributed by atoms with Crippen LogP contribution in [0.1, 0.15) is 28.7 Å². The molecule has 2 heterocycles. The average molecular weight is 395 g/mol. The van der Waals surface area contributed by atoms with E-state index >= 15 is 0 Å². The van der Waals surface area contributed by atoms with Crippen molar-refractivity contribution in [3.63, 3.8) is 0 Å². The van der Waals surface area contributed by atoms with Gasteiger partial charge in [-0.15, -0.1) is 0 Å². The number of hydrogen-bond donors (Lipinski definition) is 0. The third kappa shape index (κ3) is 3.41. The summed E-state index contributed by atoms with van der Waals surface area (Å²) in [6, 6.07) is 15.0. The monoisotopic (exact) mass is 394 g/mol. The van der Waals surface area contributed by atoms with E-state index in [1.54, 1.807) is 19.3 Å². The van der Waals surface area contributed by atoms with Crippen molar-refractivity contribution in [2.45, 2.75) is 20.4 Å². The number of halogens is 1. The highest BCUT2D eigenvalue weighted by atomic mass is 35.5. The molecule has 28 heavy (non-hydrogen) atoms. The van der Waals surface area contributed by atoms with Crippen LogP contribution in [0.3, 0.4) is 0 Å². The summed E-state index contributed by atoms with van der Waals surface area (Å²) in [5.74, 6) is 1.29. The maximum absolute atomic E-state index is 12.1. The van der Waals surface area contributed by atoms with Gasteiger partial charge in [-0.25, -0.2) is 9.78 Å². The Balaban J connectivity index is 1.70. The molecule has 0 amide bonds. The van der Waals surface area contributed by atoms with Crippen LogP contribution < -0.4 is 0 Å². The Morgan fingerprint density at radius 3 is 2.79 bits per heavy atom. The Morgan fingerprint density at radius 2 is 2.07 bits per heavy atom. The molecule has 0 saturated carbocycles. The number of benzene rings is 2. The van der Waals surface area contributed by atoms with Gasteiger partial charge < -0.3 is 13.7 Å². The highest BCUT2D eigenvalue weighted by molar-refractivity contribution is 6.31. The number of aromatic nitrogens is 2. The number of rotatable bonds is 5. The number of fused-ring (bicyclic) bond motifs is 1. The SMILES string of the molecule is CCOC(=O)c1ccc2nc(C)n(Cc3ccc(-c4ccco4)cc3Cl)c2c1. The van der Waals surface area contributed by atoms with Gasteiger partial charge in [0.1, 0.15) is 11.6 Å². The molecule has 4 aromatic rings. The Labute approximate surface area is 167 Å². The second-order valence-corrected chi connectivity index (χ2v) is 6.86. The minimum absolute atomic E-state index is 0.337. The first-order valence-electron chi connectivity index (χ1n) is 9.03. The zero-order chi connectivity index (χ0) is 19.7. The largest absolute Gasteiger partial charge is 0.464 e. The lowest BCUT2D eigenvalue weighted by atomic mass is 10.1. The topological polar surface area (TPSA) is 57.3 Å². The summed E-state index contributed by atoms with van der Waals surface area (Å²) >= 11 is 6.54. The van der Waals surface area contributed by atoms with Crippen molar-refractivity contribution in [1.82, 2.24) is 9.55 Å². The Bertz CT molecular complexity index is 1150. The minimum atomic E-state index is -0.337. The van der Waals surface area contributed by atoms with Gasteiger partial charge in [0.2, 0.25) is 0 Å². The summed E-state index contributed by atoms with van der Waals surface area (Å²) in [7, 11) is 0. The zero-order valence-corrected chi connectivity index (χ0v) is 16.4. The van der Waals surface area contributed by atoms with Crippen LogP contribution in [-0.4, -0.2) is 22.1 Å². The number of imidazole rings is 1. The van der Waals surface area contributed by atoms with E-state index in [1.807, 2.05) is 54.0 Å². The van der Waals surface area contributed by atoms with Crippen molar-refractivity contribution in [3.05, 3.63) is 76.8 Å². The van der Waals surface area contributed by atoms with E-state index in [9.17, 15) is 4.79 Å². The molecule has 0 fully saturated rings.